The molecule has 1 N–H and O–H groups in total. The molecule has 40 heavy (non-hydrogen) atoms. The second-order valence-corrected chi connectivity index (χ2v) is 12.5. The minimum absolute atomic E-state index is 0.0370. The number of piperidine rings is 1. The van der Waals surface area contributed by atoms with Gasteiger partial charge in [-0.15, -0.1) is 0 Å². The molecule has 6 rings (SSSR count). The fourth-order valence-electron chi connectivity index (χ4n) is 7.70. The number of halogens is 4. The number of hydrogen-bond donors (Lipinski definition) is 1. The van der Waals surface area contributed by atoms with Gasteiger partial charge in [-0.2, -0.15) is 0 Å². The molecule has 2 saturated heterocycles. The van der Waals surface area contributed by atoms with Crippen LogP contribution >= 0.6 is 0 Å². The van der Waals surface area contributed by atoms with Gasteiger partial charge < -0.3 is 10.2 Å². The van der Waals surface area contributed by atoms with Crippen LogP contribution in [0.5, 0.6) is 0 Å². The first-order valence-corrected chi connectivity index (χ1v) is 14.9. The summed E-state index contributed by atoms with van der Waals surface area (Å²) in [5, 5.41) is 2.78. The van der Waals surface area contributed by atoms with Crippen molar-refractivity contribution in [3.8, 4) is 11.1 Å². The molecule has 2 saturated carbocycles. The number of benzene rings is 2. The van der Waals surface area contributed by atoms with Gasteiger partial charge in [0.05, 0.1) is 6.42 Å². The lowest BCUT2D eigenvalue weighted by Gasteiger charge is -2.49. The van der Waals surface area contributed by atoms with Crippen molar-refractivity contribution < 1.29 is 22.4 Å². The molecule has 2 aromatic carbocycles. The molecule has 2 aliphatic carbocycles. The van der Waals surface area contributed by atoms with Crippen molar-refractivity contribution in [2.45, 2.75) is 93.7 Å². The minimum Gasteiger partial charge on any atom is -0.345 e. The van der Waals surface area contributed by atoms with E-state index in [9.17, 15) is 13.6 Å². The SMILES string of the molecule is CN1CCCC12CCN([C@H]1CCCC(F)(F)[C@@H]1NC(=O)Cc1cccc(-c3cc(F)cc(F)c3)c1C1CC1)CC2. The van der Waals surface area contributed by atoms with Crippen LogP contribution in [0.3, 0.4) is 0 Å². The van der Waals surface area contributed by atoms with Crippen molar-refractivity contribution in [1.82, 2.24) is 15.1 Å². The highest BCUT2D eigenvalue weighted by molar-refractivity contribution is 5.81. The van der Waals surface area contributed by atoms with Crippen LogP contribution < -0.4 is 5.32 Å². The number of carbonyl (C=O) groups excluding carboxylic acids is 1. The third-order valence-electron chi connectivity index (χ3n) is 10.0. The molecule has 2 aromatic rings. The molecule has 2 heterocycles. The van der Waals surface area contributed by atoms with Crippen LogP contribution in [0.15, 0.2) is 36.4 Å². The first-order chi connectivity index (χ1) is 19.1. The summed E-state index contributed by atoms with van der Waals surface area (Å²) in [6.45, 7) is 2.64. The Morgan fingerprint density at radius 1 is 0.950 bits per heavy atom. The molecule has 4 fully saturated rings. The highest BCUT2D eigenvalue weighted by atomic mass is 19.3. The van der Waals surface area contributed by atoms with Crippen molar-refractivity contribution >= 4 is 5.91 Å². The van der Waals surface area contributed by atoms with Gasteiger partial charge in [0.2, 0.25) is 5.91 Å². The molecule has 8 heteroatoms. The summed E-state index contributed by atoms with van der Waals surface area (Å²) in [6, 6.07) is 7.25. The predicted molar refractivity (Wildman–Crippen MR) is 147 cm³/mol. The average molecular weight is 558 g/mol. The minimum atomic E-state index is -2.97. The zero-order valence-electron chi connectivity index (χ0n) is 23.2. The number of rotatable bonds is 6. The summed E-state index contributed by atoms with van der Waals surface area (Å²) in [5.41, 5.74) is 2.96. The molecule has 4 nitrogen and oxygen atoms in total. The van der Waals surface area contributed by atoms with Crippen LogP contribution in [-0.4, -0.2) is 65.9 Å². The zero-order chi connectivity index (χ0) is 28.1. The van der Waals surface area contributed by atoms with Gasteiger partial charge in [-0.1, -0.05) is 18.2 Å². The molecule has 1 spiro atoms. The van der Waals surface area contributed by atoms with Gasteiger partial charge >= 0.3 is 0 Å². The van der Waals surface area contributed by atoms with Crippen LogP contribution in [0.25, 0.3) is 11.1 Å². The van der Waals surface area contributed by atoms with Gasteiger partial charge in [-0.3, -0.25) is 9.69 Å². The first kappa shape index (κ1) is 27.7. The number of carbonyl (C=O) groups is 1. The van der Waals surface area contributed by atoms with E-state index in [1.807, 2.05) is 12.1 Å². The molecule has 216 valence electrons. The fourth-order valence-corrected chi connectivity index (χ4v) is 7.70. The second-order valence-electron chi connectivity index (χ2n) is 12.5. The topological polar surface area (TPSA) is 35.6 Å². The molecule has 0 aromatic heterocycles. The molecule has 2 aliphatic heterocycles. The van der Waals surface area contributed by atoms with Gasteiger partial charge in [0.15, 0.2) is 0 Å². The number of alkyl halides is 2. The van der Waals surface area contributed by atoms with Crippen LogP contribution in [0.1, 0.15) is 74.8 Å². The summed E-state index contributed by atoms with van der Waals surface area (Å²) < 4.78 is 58.8. The second kappa shape index (κ2) is 10.8. The summed E-state index contributed by atoms with van der Waals surface area (Å²) in [4.78, 5) is 18.1. The van der Waals surface area contributed by atoms with Gasteiger partial charge in [0.25, 0.3) is 5.92 Å². The largest absolute Gasteiger partial charge is 0.345 e. The molecular formula is C32H39F4N3O. The maximum atomic E-state index is 15.4. The zero-order valence-corrected chi connectivity index (χ0v) is 23.2. The highest BCUT2D eigenvalue weighted by Gasteiger charge is 2.51. The van der Waals surface area contributed by atoms with E-state index in [-0.39, 0.29) is 30.3 Å². The monoisotopic (exact) mass is 557 g/mol. The number of nitrogens with one attached hydrogen (secondary N) is 1. The normalized spacial score (nSPS) is 26.7. The van der Waals surface area contributed by atoms with Gasteiger partial charge in [0, 0.05) is 37.2 Å². The Hall–Kier alpha value is -2.45. The van der Waals surface area contributed by atoms with Crippen LogP contribution in [-0.2, 0) is 11.2 Å². The highest BCUT2D eigenvalue weighted by Crippen LogP contribution is 2.47. The van der Waals surface area contributed by atoms with E-state index >= 15 is 8.78 Å². The Bertz CT molecular complexity index is 1230. The van der Waals surface area contributed by atoms with Crippen molar-refractivity contribution in [2.24, 2.45) is 0 Å². The summed E-state index contributed by atoms with van der Waals surface area (Å²) in [5.74, 6) is -4.52. The summed E-state index contributed by atoms with van der Waals surface area (Å²) in [6.07, 6.45) is 7.01. The number of likely N-dealkylation sites (tertiary alicyclic amines) is 2. The smallest absolute Gasteiger partial charge is 0.269 e. The quantitative estimate of drug-likeness (QED) is 0.425. The van der Waals surface area contributed by atoms with Crippen molar-refractivity contribution in [1.29, 1.82) is 0 Å². The Kier molecular flexibility index (Phi) is 7.45. The van der Waals surface area contributed by atoms with Crippen molar-refractivity contribution in [3.63, 3.8) is 0 Å². The Balaban J connectivity index is 1.20. The lowest BCUT2D eigenvalue weighted by Crippen LogP contribution is -2.64. The summed E-state index contributed by atoms with van der Waals surface area (Å²) >= 11 is 0. The maximum Gasteiger partial charge on any atom is 0.269 e. The van der Waals surface area contributed by atoms with E-state index in [2.05, 4.69) is 22.2 Å². The number of hydrogen-bond acceptors (Lipinski definition) is 3. The van der Waals surface area contributed by atoms with Crippen LogP contribution in [0.2, 0.25) is 0 Å². The van der Waals surface area contributed by atoms with Gasteiger partial charge in [0.1, 0.15) is 17.7 Å². The van der Waals surface area contributed by atoms with E-state index in [4.69, 9.17) is 0 Å². The third-order valence-corrected chi connectivity index (χ3v) is 10.0. The first-order valence-electron chi connectivity index (χ1n) is 14.9. The predicted octanol–water partition coefficient (Wildman–Crippen LogP) is 6.28. The lowest BCUT2D eigenvalue weighted by molar-refractivity contribution is -0.133. The summed E-state index contributed by atoms with van der Waals surface area (Å²) in [7, 11) is 2.18. The van der Waals surface area contributed by atoms with Gasteiger partial charge in [-0.25, -0.2) is 17.6 Å². The fraction of sp³-hybridized carbons (Fsp3) is 0.594. The molecular weight excluding hydrogens is 518 g/mol. The molecule has 0 radical (unpaired) electrons. The Labute approximate surface area is 234 Å². The van der Waals surface area contributed by atoms with E-state index in [1.54, 1.807) is 6.07 Å². The van der Waals surface area contributed by atoms with Crippen LogP contribution in [0.4, 0.5) is 17.6 Å². The molecule has 4 aliphatic rings. The molecule has 2 atom stereocenters. The van der Waals surface area contributed by atoms with E-state index < -0.39 is 29.5 Å². The van der Waals surface area contributed by atoms with E-state index in [0.29, 0.717) is 24.0 Å². The average Bonchev–Trinajstić information content (AvgIpc) is 3.69. The molecule has 0 unspecified atom stereocenters. The third kappa shape index (κ3) is 5.41. The van der Waals surface area contributed by atoms with E-state index in [0.717, 1.165) is 62.5 Å². The molecule has 0 bridgehead atoms. The van der Waals surface area contributed by atoms with Gasteiger partial charge in [-0.05, 0) is 105 Å². The van der Waals surface area contributed by atoms with Crippen LogP contribution in [0, 0.1) is 11.6 Å². The number of amides is 1. The van der Waals surface area contributed by atoms with E-state index in [1.165, 1.54) is 25.0 Å². The maximum absolute atomic E-state index is 15.4. The molecule has 1 amide bonds. The lowest BCUT2D eigenvalue weighted by atomic mass is 9.81. The standard InChI is InChI=1S/C32H39F4N3O/c1-38-14-4-10-31(38)12-15-39(16-13-31)27-7-3-11-32(35,36)30(27)37-28(40)19-22-5-2-6-26(29(22)21-8-9-21)23-17-24(33)20-25(34)18-23/h2,5-6,17-18,20-21,27,30H,3-4,7-16,19H2,1H3,(H,37,40)/t27-,30+/m0/s1. The Morgan fingerprint density at radius 3 is 2.33 bits per heavy atom. The Morgan fingerprint density at radius 2 is 1.68 bits per heavy atom. The van der Waals surface area contributed by atoms with Crippen molar-refractivity contribution in [3.05, 3.63) is 59.2 Å². The van der Waals surface area contributed by atoms with Crippen molar-refractivity contribution in [2.75, 3.05) is 26.7 Å². The number of nitrogens with zero attached hydrogens (tertiary/aromatic N) is 2.